The minimum absolute atomic E-state index is 0.403. The van der Waals surface area contributed by atoms with Gasteiger partial charge in [0.25, 0.3) is 5.97 Å². The van der Waals surface area contributed by atoms with Crippen LogP contribution in [0.25, 0.3) is 0 Å². The Labute approximate surface area is 113 Å². The third kappa shape index (κ3) is 36.5. The quantitative estimate of drug-likeness (QED) is 0.755. The monoisotopic (exact) mass is 353 g/mol. The van der Waals surface area contributed by atoms with E-state index in [1.54, 1.807) is 0 Å². The summed E-state index contributed by atoms with van der Waals surface area (Å²) in [4.78, 5) is 9.00. The molecule has 2 nitrogen and oxygen atoms in total. The second kappa shape index (κ2) is 20.9. The fraction of sp³-hybridized carbons (Fsp3) is 0.917. The van der Waals surface area contributed by atoms with Crippen molar-refractivity contribution in [3.63, 3.8) is 0 Å². The maximum atomic E-state index is 9.00. The van der Waals surface area contributed by atoms with Gasteiger partial charge in [0.15, 0.2) is 0 Å². The van der Waals surface area contributed by atoms with Crippen molar-refractivity contribution in [2.45, 2.75) is 67.8 Å². The van der Waals surface area contributed by atoms with Crippen LogP contribution in [0.3, 0.4) is 0 Å². The molecule has 0 aliphatic rings. The Balaban J connectivity index is -0.000000166. The first-order valence-electron chi connectivity index (χ1n) is 6.23. The Morgan fingerprint density at radius 3 is 1.25 bits per heavy atom. The molecule has 0 spiro atoms. The summed E-state index contributed by atoms with van der Waals surface area (Å²) in [6.07, 6.45) is 0. The minimum atomic E-state index is -0.833. The third-order valence-corrected chi connectivity index (χ3v) is 10.4. The van der Waals surface area contributed by atoms with Crippen molar-refractivity contribution in [3.05, 3.63) is 0 Å². The van der Waals surface area contributed by atoms with E-state index in [-0.39, 0.29) is 0 Å². The summed E-state index contributed by atoms with van der Waals surface area (Å²) < 4.78 is 0. The topological polar surface area (TPSA) is 37.3 Å². The van der Waals surface area contributed by atoms with Crippen LogP contribution in [0, 0.1) is 0 Å². The van der Waals surface area contributed by atoms with Crippen LogP contribution < -0.4 is 0 Å². The first-order chi connectivity index (χ1) is 7.49. The molecule has 0 heterocycles. The molecule has 0 aromatic heterocycles. The van der Waals surface area contributed by atoms with Gasteiger partial charge in [-0.3, -0.25) is 4.79 Å². The van der Waals surface area contributed by atoms with Crippen LogP contribution in [0.2, 0.25) is 26.3 Å². The van der Waals surface area contributed by atoms with Gasteiger partial charge in [-0.05, 0) is 0 Å². The van der Waals surface area contributed by atoms with Gasteiger partial charge in [0, 0.05) is 6.92 Å². The van der Waals surface area contributed by atoms with Crippen molar-refractivity contribution >= 4 is 35.7 Å². The zero-order valence-electron chi connectivity index (χ0n) is 11.9. The van der Waals surface area contributed by atoms with E-state index in [4.69, 9.17) is 9.90 Å². The molecule has 0 atom stereocenters. The second-order valence-electron chi connectivity index (χ2n) is 3.29. The zero-order chi connectivity index (χ0) is 13.4. The molecular weight excluding hydrogens is 321 g/mol. The number of hydrogen-bond acceptors (Lipinski definition) is 1. The summed E-state index contributed by atoms with van der Waals surface area (Å²) in [5.41, 5.74) is 0. The molecule has 0 bridgehead atoms. The van der Waals surface area contributed by atoms with Gasteiger partial charge >= 0.3 is 90.7 Å². The van der Waals surface area contributed by atoms with Gasteiger partial charge in [-0.2, -0.15) is 0 Å². The average Bonchev–Trinajstić information content (AvgIpc) is 2.22. The molecule has 0 rings (SSSR count). The van der Waals surface area contributed by atoms with Crippen LogP contribution >= 0.6 is 0 Å². The van der Waals surface area contributed by atoms with Crippen molar-refractivity contribution in [3.8, 4) is 0 Å². The van der Waals surface area contributed by atoms with Crippen molar-refractivity contribution < 1.29 is 9.90 Å². The van der Waals surface area contributed by atoms with Crippen molar-refractivity contribution in [2.75, 3.05) is 0 Å². The van der Waals surface area contributed by atoms with E-state index in [9.17, 15) is 0 Å². The SMILES string of the molecule is CC(=O)O.C[CH2][Ge]([CH2]C)[CH2]C.C[CH2][Ge][CH2]C. The van der Waals surface area contributed by atoms with E-state index in [0.717, 1.165) is 6.92 Å². The van der Waals surface area contributed by atoms with Gasteiger partial charge in [0.1, 0.15) is 0 Å². The maximum absolute atomic E-state index is 9.00. The molecule has 0 aromatic carbocycles. The summed E-state index contributed by atoms with van der Waals surface area (Å²) in [6.45, 7) is 12.6. The Kier molecular flexibility index (Phi) is 28.5. The number of carboxylic acids is 1. The first kappa shape index (κ1) is 21.8. The molecule has 3 radical (unpaired) electrons. The molecule has 0 aliphatic heterocycles. The molecule has 0 aliphatic carbocycles. The Hall–Kier alpha value is 0.556. The predicted octanol–water partition coefficient (Wildman–Crippen LogP) is 4.20. The van der Waals surface area contributed by atoms with Gasteiger partial charge in [-0.15, -0.1) is 0 Å². The Bertz CT molecular complexity index is 115. The van der Waals surface area contributed by atoms with Gasteiger partial charge < -0.3 is 5.11 Å². The van der Waals surface area contributed by atoms with E-state index < -0.39 is 20.3 Å². The van der Waals surface area contributed by atoms with Crippen LogP contribution in [0.15, 0.2) is 0 Å². The van der Waals surface area contributed by atoms with E-state index in [1.807, 2.05) is 0 Å². The van der Waals surface area contributed by atoms with Crippen molar-refractivity contribution in [2.24, 2.45) is 0 Å². The van der Waals surface area contributed by atoms with Crippen LogP contribution in [0.4, 0.5) is 0 Å². The molecule has 0 fully saturated rings. The van der Waals surface area contributed by atoms with Gasteiger partial charge in [-0.1, -0.05) is 0 Å². The van der Waals surface area contributed by atoms with Gasteiger partial charge in [-0.25, -0.2) is 0 Å². The third-order valence-electron chi connectivity index (χ3n) is 2.00. The molecule has 0 unspecified atom stereocenters. The molecule has 4 heteroatoms. The average molecular weight is 351 g/mol. The fourth-order valence-corrected chi connectivity index (χ4v) is 5.20. The molecule has 1 N–H and O–H groups in total. The second-order valence-corrected chi connectivity index (χ2v) is 14.9. The Morgan fingerprint density at radius 1 is 1.00 bits per heavy atom. The number of carboxylic acid groups (broad SMARTS) is 1. The summed E-state index contributed by atoms with van der Waals surface area (Å²) in [5.74, 6) is -0.833. The number of rotatable bonds is 5. The van der Waals surface area contributed by atoms with Crippen LogP contribution in [-0.2, 0) is 4.79 Å². The standard InChI is InChI=1S/C6H15Ge.C4H10Ge.C2H4O2/c1-4-7(5-2)6-3;1-3-5-4-2;1-2(3)4/h4-6H2,1-3H3;3-4H2,1-2H3;1H3,(H,3,4). The molecule has 0 aromatic rings. The van der Waals surface area contributed by atoms with E-state index in [0.29, 0.717) is 15.4 Å². The molecule has 16 heavy (non-hydrogen) atoms. The normalized spacial score (nSPS) is 8.69. The summed E-state index contributed by atoms with van der Waals surface area (Å²) in [5, 5.41) is 14.9. The van der Waals surface area contributed by atoms with E-state index in [2.05, 4.69) is 34.6 Å². The molecule has 0 saturated carbocycles. The number of aliphatic carboxylic acids is 1. The van der Waals surface area contributed by atoms with Crippen LogP contribution in [-0.4, -0.2) is 40.9 Å². The zero-order valence-corrected chi connectivity index (χ0v) is 16.1. The van der Waals surface area contributed by atoms with Gasteiger partial charge in [0.2, 0.25) is 0 Å². The predicted molar refractivity (Wildman–Crippen MR) is 77.2 cm³/mol. The summed E-state index contributed by atoms with van der Waals surface area (Å²) in [6, 6.07) is 0. The van der Waals surface area contributed by atoms with Crippen molar-refractivity contribution in [1.82, 2.24) is 0 Å². The van der Waals surface area contributed by atoms with Crippen LogP contribution in [0.1, 0.15) is 41.5 Å². The first-order valence-corrected chi connectivity index (χ1v) is 13.6. The van der Waals surface area contributed by atoms with E-state index in [1.165, 1.54) is 26.3 Å². The van der Waals surface area contributed by atoms with Gasteiger partial charge in [0.05, 0.1) is 0 Å². The Morgan fingerprint density at radius 2 is 1.25 bits per heavy atom. The number of carbonyl (C=O) groups is 1. The number of hydrogen-bond donors (Lipinski definition) is 1. The molecular formula is C12H29Ge2O2. The molecule has 0 amide bonds. The van der Waals surface area contributed by atoms with Crippen molar-refractivity contribution in [1.29, 1.82) is 0 Å². The fourth-order valence-electron chi connectivity index (χ4n) is 1.000. The van der Waals surface area contributed by atoms with E-state index >= 15 is 0 Å². The molecule has 0 saturated heterocycles. The van der Waals surface area contributed by atoms with Crippen LogP contribution in [0.5, 0.6) is 0 Å². The summed E-state index contributed by atoms with van der Waals surface area (Å²) >= 11 is 0.125. The molecule has 97 valence electrons. The summed E-state index contributed by atoms with van der Waals surface area (Å²) in [7, 11) is 0.